The van der Waals surface area contributed by atoms with Crippen LogP contribution in [-0.2, 0) is 0 Å². The summed E-state index contributed by atoms with van der Waals surface area (Å²) in [7, 11) is 3.98. The lowest BCUT2D eigenvalue weighted by Gasteiger charge is -2.00. The van der Waals surface area contributed by atoms with E-state index in [2.05, 4.69) is 26.8 Å². The third-order valence-electron chi connectivity index (χ3n) is 2.98. The molecule has 3 aromatic rings. The number of hydrogen-bond donors (Lipinski definition) is 2. The van der Waals surface area contributed by atoms with Crippen molar-refractivity contribution in [3.8, 4) is 11.8 Å². The minimum atomic E-state index is 0.502. The number of anilines is 1. The van der Waals surface area contributed by atoms with E-state index in [0.29, 0.717) is 5.82 Å². The van der Waals surface area contributed by atoms with E-state index in [9.17, 15) is 0 Å². The number of nitrogens with zero attached hydrogens (tertiary/aromatic N) is 3. The molecule has 0 aliphatic heterocycles. The van der Waals surface area contributed by atoms with Gasteiger partial charge in [-0.3, -0.25) is 4.90 Å². The first kappa shape index (κ1) is 12.5. The molecule has 0 fully saturated rings. The quantitative estimate of drug-likeness (QED) is 0.656. The minimum Gasteiger partial charge on any atom is -0.384 e. The average molecular weight is 265 g/mol. The Morgan fingerprint density at radius 3 is 2.85 bits per heavy atom. The molecule has 0 saturated heterocycles. The molecule has 100 valence electrons. The number of rotatable bonds is 1. The number of aromatic nitrogens is 3. The van der Waals surface area contributed by atoms with Crippen molar-refractivity contribution in [3.63, 3.8) is 0 Å². The lowest BCUT2D eigenvalue weighted by molar-refractivity contribution is 0.464. The van der Waals surface area contributed by atoms with Crippen molar-refractivity contribution in [1.29, 1.82) is 0 Å². The summed E-state index contributed by atoms with van der Waals surface area (Å²) >= 11 is 0. The summed E-state index contributed by atoms with van der Waals surface area (Å²) in [6.07, 6.45) is 3.50. The van der Waals surface area contributed by atoms with Crippen LogP contribution in [0.2, 0.25) is 0 Å². The highest BCUT2D eigenvalue weighted by atomic mass is 15.0. The lowest BCUT2D eigenvalue weighted by Crippen LogP contribution is -2.10. The van der Waals surface area contributed by atoms with E-state index in [1.54, 1.807) is 12.4 Å². The van der Waals surface area contributed by atoms with Crippen LogP contribution in [0.5, 0.6) is 0 Å². The van der Waals surface area contributed by atoms with Gasteiger partial charge in [0.25, 0.3) is 0 Å². The van der Waals surface area contributed by atoms with Crippen LogP contribution in [0.4, 0.5) is 5.82 Å². The second kappa shape index (κ2) is 4.83. The summed E-state index contributed by atoms with van der Waals surface area (Å²) in [6, 6.07) is 3.89. The standard InChI is InChI=1S/C15H15N5/c1-20(2)5-3-4-10-6-12-11-7-14(16)17-9-13(11)19-15(12)18-8-10/h6-9H,5H2,1-2H3,(H2,16,17)(H,18,19). The van der Waals surface area contributed by atoms with Gasteiger partial charge in [0.05, 0.1) is 18.3 Å². The lowest BCUT2D eigenvalue weighted by atomic mass is 10.2. The molecule has 0 radical (unpaired) electrons. The van der Waals surface area contributed by atoms with Crippen molar-refractivity contribution in [2.45, 2.75) is 0 Å². The first-order valence-electron chi connectivity index (χ1n) is 6.30. The monoisotopic (exact) mass is 265 g/mol. The topological polar surface area (TPSA) is 70.8 Å². The van der Waals surface area contributed by atoms with E-state index in [1.807, 2.05) is 31.1 Å². The van der Waals surface area contributed by atoms with Crippen molar-refractivity contribution in [1.82, 2.24) is 19.9 Å². The largest absolute Gasteiger partial charge is 0.384 e. The molecule has 3 rings (SSSR count). The molecule has 0 aromatic carbocycles. The van der Waals surface area contributed by atoms with Crippen molar-refractivity contribution in [2.24, 2.45) is 0 Å². The Morgan fingerprint density at radius 1 is 1.20 bits per heavy atom. The van der Waals surface area contributed by atoms with Gasteiger partial charge in [-0.25, -0.2) is 9.97 Å². The van der Waals surface area contributed by atoms with Gasteiger partial charge < -0.3 is 10.7 Å². The number of hydrogen-bond acceptors (Lipinski definition) is 4. The van der Waals surface area contributed by atoms with Crippen molar-refractivity contribution in [2.75, 3.05) is 26.4 Å². The van der Waals surface area contributed by atoms with Gasteiger partial charge in [0.1, 0.15) is 11.5 Å². The minimum absolute atomic E-state index is 0.502. The van der Waals surface area contributed by atoms with Gasteiger partial charge in [-0.1, -0.05) is 11.8 Å². The molecule has 0 aliphatic carbocycles. The van der Waals surface area contributed by atoms with Gasteiger partial charge in [0, 0.05) is 22.5 Å². The SMILES string of the molecule is CN(C)CC#Cc1cnc2[nH]c3cnc(N)cc3c2c1. The van der Waals surface area contributed by atoms with E-state index in [0.717, 1.165) is 34.0 Å². The third-order valence-corrected chi connectivity index (χ3v) is 2.98. The smallest absolute Gasteiger partial charge is 0.138 e. The Kier molecular flexibility index (Phi) is 3.01. The molecule has 3 heterocycles. The van der Waals surface area contributed by atoms with E-state index in [-0.39, 0.29) is 0 Å². The summed E-state index contributed by atoms with van der Waals surface area (Å²) < 4.78 is 0. The van der Waals surface area contributed by atoms with Crippen molar-refractivity contribution >= 4 is 27.8 Å². The molecule has 0 bridgehead atoms. The van der Waals surface area contributed by atoms with E-state index < -0.39 is 0 Å². The Labute approximate surface area is 116 Å². The molecule has 5 nitrogen and oxygen atoms in total. The predicted octanol–water partition coefficient (Wildman–Crippen LogP) is 1.61. The van der Waals surface area contributed by atoms with Gasteiger partial charge in [0.15, 0.2) is 0 Å². The first-order valence-corrected chi connectivity index (χ1v) is 6.30. The van der Waals surface area contributed by atoms with Gasteiger partial charge in [0.2, 0.25) is 0 Å². The average Bonchev–Trinajstić information content (AvgIpc) is 2.76. The molecule has 3 aromatic heterocycles. The Balaban J connectivity index is 2.11. The Bertz CT molecular complexity index is 836. The molecule has 0 spiro atoms. The number of nitrogen functional groups attached to an aromatic ring is 1. The van der Waals surface area contributed by atoms with Crippen LogP contribution in [0.15, 0.2) is 24.5 Å². The zero-order valence-electron chi connectivity index (χ0n) is 11.4. The van der Waals surface area contributed by atoms with E-state index >= 15 is 0 Å². The third kappa shape index (κ3) is 2.29. The Morgan fingerprint density at radius 2 is 2.05 bits per heavy atom. The zero-order valence-corrected chi connectivity index (χ0v) is 11.4. The molecular weight excluding hydrogens is 250 g/mol. The fourth-order valence-corrected chi connectivity index (χ4v) is 2.06. The van der Waals surface area contributed by atoms with Crippen LogP contribution >= 0.6 is 0 Å². The highest BCUT2D eigenvalue weighted by Crippen LogP contribution is 2.25. The summed E-state index contributed by atoms with van der Waals surface area (Å²) in [5.74, 6) is 6.73. The predicted molar refractivity (Wildman–Crippen MR) is 81.2 cm³/mol. The molecule has 20 heavy (non-hydrogen) atoms. The maximum Gasteiger partial charge on any atom is 0.138 e. The number of pyridine rings is 2. The maximum atomic E-state index is 5.75. The fourth-order valence-electron chi connectivity index (χ4n) is 2.06. The van der Waals surface area contributed by atoms with Crippen LogP contribution in [0.3, 0.4) is 0 Å². The van der Waals surface area contributed by atoms with E-state index in [1.165, 1.54) is 0 Å². The summed E-state index contributed by atoms with van der Waals surface area (Å²) in [6.45, 7) is 0.725. The molecule has 0 atom stereocenters. The second-order valence-corrected chi connectivity index (χ2v) is 4.94. The second-order valence-electron chi connectivity index (χ2n) is 4.94. The molecule has 0 aliphatic rings. The van der Waals surface area contributed by atoms with Crippen LogP contribution in [0.25, 0.3) is 21.9 Å². The van der Waals surface area contributed by atoms with Crippen LogP contribution in [0.1, 0.15) is 5.56 Å². The summed E-state index contributed by atoms with van der Waals surface area (Å²) in [5.41, 5.74) is 8.40. The highest BCUT2D eigenvalue weighted by molar-refractivity contribution is 6.06. The van der Waals surface area contributed by atoms with Gasteiger partial charge in [-0.2, -0.15) is 0 Å². The molecule has 5 heteroatoms. The normalized spacial score (nSPS) is 10.9. The van der Waals surface area contributed by atoms with Crippen LogP contribution in [0, 0.1) is 11.8 Å². The summed E-state index contributed by atoms with van der Waals surface area (Å²) in [4.78, 5) is 13.7. The number of nitrogens with two attached hydrogens (primary N) is 1. The maximum absolute atomic E-state index is 5.75. The Hall–Kier alpha value is -2.58. The fraction of sp³-hybridized carbons (Fsp3) is 0.200. The molecule has 0 saturated carbocycles. The number of nitrogens with one attached hydrogen (secondary N) is 1. The van der Waals surface area contributed by atoms with Crippen molar-refractivity contribution < 1.29 is 0 Å². The van der Waals surface area contributed by atoms with Gasteiger partial charge in [-0.05, 0) is 26.2 Å². The van der Waals surface area contributed by atoms with Crippen molar-refractivity contribution in [3.05, 3.63) is 30.1 Å². The number of fused-ring (bicyclic) bond motifs is 3. The molecule has 3 N–H and O–H groups in total. The molecular formula is C15H15N5. The van der Waals surface area contributed by atoms with Crippen LogP contribution in [-0.4, -0.2) is 40.5 Å². The highest BCUT2D eigenvalue weighted by Gasteiger charge is 2.06. The zero-order chi connectivity index (χ0) is 14.1. The van der Waals surface area contributed by atoms with Gasteiger partial charge >= 0.3 is 0 Å². The molecule has 0 amide bonds. The number of H-pyrrole nitrogens is 1. The van der Waals surface area contributed by atoms with Crippen LogP contribution < -0.4 is 5.73 Å². The van der Waals surface area contributed by atoms with E-state index in [4.69, 9.17) is 5.73 Å². The number of aromatic amines is 1. The van der Waals surface area contributed by atoms with Gasteiger partial charge in [-0.15, -0.1) is 0 Å². The summed E-state index contributed by atoms with van der Waals surface area (Å²) in [5, 5.41) is 2.04. The first-order chi connectivity index (χ1) is 9.63. The molecule has 0 unspecified atom stereocenters.